The largest absolute Gasteiger partial charge is 0.331 e. The van der Waals surface area contributed by atoms with Crippen molar-refractivity contribution in [3.63, 3.8) is 0 Å². The maximum atomic E-state index is 12.5. The summed E-state index contributed by atoms with van der Waals surface area (Å²) in [5, 5.41) is 3.46. The molecule has 3 fully saturated rings. The molecule has 3 aliphatic rings. The van der Waals surface area contributed by atoms with Gasteiger partial charge in [-0.2, -0.15) is 0 Å². The van der Waals surface area contributed by atoms with Gasteiger partial charge in [0.25, 0.3) is 0 Å². The molecular formula is C17H27Cl2N5OS. The van der Waals surface area contributed by atoms with Gasteiger partial charge in [0.05, 0.1) is 11.9 Å². The highest BCUT2D eigenvalue weighted by molar-refractivity contribution is 7.99. The Balaban J connectivity index is 0.00000121. The van der Waals surface area contributed by atoms with E-state index < -0.39 is 0 Å². The van der Waals surface area contributed by atoms with Crippen LogP contribution in [0.5, 0.6) is 0 Å². The predicted octanol–water partition coefficient (Wildman–Crippen LogP) is 1.76. The number of carbonyl (C=O) groups excluding carboxylic acids is 1. The Labute approximate surface area is 171 Å². The number of nitrogens with one attached hydrogen (secondary N) is 1. The van der Waals surface area contributed by atoms with Crippen molar-refractivity contribution >= 4 is 42.5 Å². The molecule has 1 amide bonds. The first-order valence-corrected chi connectivity index (χ1v) is 10.1. The third-order valence-corrected chi connectivity index (χ3v) is 6.43. The number of hydrogen-bond donors (Lipinski definition) is 1. The van der Waals surface area contributed by atoms with Crippen molar-refractivity contribution in [2.75, 3.05) is 37.8 Å². The van der Waals surface area contributed by atoms with Crippen molar-refractivity contribution in [2.45, 2.75) is 37.3 Å². The van der Waals surface area contributed by atoms with Gasteiger partial charge in [-0.3, -0.25) is 9.69 Å². The molecule has 3 aliphatic heterocycles. The average molecular weight is 420 g/mol. The maximum absolute atomic E-state index is 12.5. The molecule has 4 rings (SSSR count). The fourth-order valence-electron chi connectivity index (χ4n) is 4.04. The number of halogens is 2. The number of thioether (sulfide) groups is 1. The van der Waals surface area contributed by atoms with Crippen LogP contribution in [0.3, 0.4) is 0 Å². The molecule has 2 atom stereocenters. The molecule has 0 aliphatic carbocycles. The second kappa shape index (κ2) is 10.1. The van der Waals surface area contributed by atoms with Gasteiger partial charge >= 0.3 is 0 Å². The van der Waals surface area contributed by atoms with E-state index in [9.17, 15) is 4.79 Å². The summed E-state index contributed by atoms with van der Waals surface area (Å²) in [6.07, 6.45) is 6.85. The molecule has 6 nitrogen and oxygen atoms in total. The number of hydrogen-bond acceptors (Lipinski definition) is 6. The first kappa shape index (κ1) is 21.7. The number of aromatic nitrogens is 2. The summed E-state index contributed by atoms with van der Waals surface area (Å²) in [5.74, 6) is 3.72. The van der Waals surface area contributed by atoms with Crippen LogP contribution >= 0.6 is 36.6 Å². The lowest BCUT2D eigenvalue weighted by Crippen LogP contribution is -2.42. The van der Waals surface area contributed by atoms with E-state index in [1.54, 1.807) is 0 Å². The third kappa shape index (κ3) is 4.81. The van der Waals surface area contributed by atoms with Crippen LogP contribution in [0.25, 0.3) is 0 Å². The summed E-state index contributed by atoms with van der Waals surface area (Å²) in [6, 6.07) is 2.38. The molecule has 3 saturated heterocycles. The Morgan fingerprint density at radius 3 is 2.54 bits per heavy atom. The number of carbonyl (C=O) groups is 1. The fraction of sp³-hybridized carbons (Fsp3) is 0.706. The first-order chi connectivity index (χ1) is 11.8. The zero-order valence-electron chi connectivity index (χ0n) is 14.7. The van der Waals surface area contributed by atoms with Crippen LogP contribution < -0.4 is 5.32 Å². The average Bonchev–Trinajstić information content (AvgIpc) is 3.34. The summed E-state index contributed by atoms with van der Waals surface area (Å²) >= 11 is 1.85. The zero-order valence-corrected chi connectivity index (χ0v) is 17.2. The molecule has 26 heavy (non-hydrogen) atoms. The minimum atomic E-state index is 0. The van der Waals surface area contributed by atoms with Gasteiger partial charge in [0.15, 0.2) is 0 Å². The number of piperidine rings is 1. The minimum absolute atomic E-state index is 0. The summed E-state index contributed by atoms with van der Waals surface area (Å²) in [5.41, 5.74) is 0. The second-order valence-corrected chi connectivity index (χ2v) is 7.98. The van der Waals surface area contributed by atoms with Gasteiger partial charge in [0.2, 0.25) is 5.91 Å². The molecule has 1 aromatic heterocycles. The van der Waals surface area contributed by atoms with E-state index in [2.05, 4.69) is 20.2 Å². The van der Waals surface area contributed by atoms with Gasteiger partial charge in [-0.15, -0.1) is 36.6 Å². The SMILES string of the molecule is Cl.Cl.O=C([C@@H]1C[C@H](N2CCC(c3ncccn3)CC2)CN1)N1CCSC1. The lowest BCUT2D eigenvalue weighted by molar-refractivity contribution is -0.131. The second-order valence-electron chi connectivity index (χ2n) is 6.91. The Hall–Kier alpha value is -0.600. The van der Waals surface area contributed by atoms with Crippen LogP contribution in [-0.2, 0) is 4.79 Å². The molecule has 146 valence electrons. The van der Waals surface area contributed by atoms with Gasteiger partial charge in [0.1, 0.15) is 5.82 Å². The molecule has 0 unspecified atom stereocenters. The van der Waals surface area contributed by atoms with E-state index in [1.165, 1.54) is 0 Å². The van der Waals surface area contributed by atoms with Gasteiger partial charge in [-0.05, 0) is 38.4 Å². The van der Waals surface area contributed by atoms with E-state index in [0.29, 0.717) is 17.9 Å². The number of likely N-dealkylation sites (tertiary alicyclic amines) is 1. The molecule has 0 aromatic carbocycles. The van der Waals surface area contributed by atoms with Gasteiger partial charge in [0, 0.05) is 43.2 Å². The van der Waals surface area contributed by atoms with Crippen LogP contribution in [-0.4, -0.2) is 75.6 Å². The molecule has 9 heteroatoms. The quantitative estimate of drug-likeness (QED) is 0.804. The van der Waals surface area contributed by atoms with Crippen molar-refractivity contribution < 1.29 is 4.79 Å². The first-order valence-electron chi connectivity index (χ1n) is 8.92. The van der Waals surface area contributed by atoms with Crippen molar-refractivity contribution in [3.8, 4) is 0 Å². The third-order valence-electron chi connectivity index (χ3n) is 5.47. The van der Waals surface area contributed by atoms with Gasteiger partial charge < -0.3 is 10.2 Å². The topological polar surface area (TPSA) is 61.4 Å². The lowest BCUT2D eigenvalue weighted by atomic mass is 9.94. The van der Waals surface area contributed by atoms with Gasteiger partial charge in [-0.25, -0.2) is 9.97 Å². The van der Waals surface area contributed by atoms with E-state index in [4.69, 9.17) is 0 Å². The van der Waals surface area contributed by atoms with Crippen LogP contribution in [0, 0.1) is 0 Å². The van der Waals surface area contributed by atoms with E-state index in [-0.39, 0.29) is 30.9 Å². The highest BCUT2D eigenvalue weighted by atomic mass is 35.5. The molecule has 0 bridgehead atoms. The smallest absolute Gasteiger partial charge is 0.240 e. The predicted molar refractivity (Wildman–Crippen MR) is 109 cm³/mol. The van der Waals surface area contributed by atoms with E-state index >= 15 is 0 Å². The van der Waals surface area contributed by atoms with Crippen LogP contribution in [0.4, 0.5) is 0 Å². The van der Waals surface area contributed by atoms with Crippen molar-refractivity contribution in [1.82, 2.24) is 25.1 Å². The Bertz CT molecular complexity index is 568. The highest BCUT2D eigenvalue weighted by Gasteiger charge is 2.37. The Morgan fingerprint density at radius 1 is 1.15 bits per heavy atom. The van der Waals surface area contributed by atoms with Crippen LogP contribution in [0.2, 0.25) is 0 Å². The fourth-order valence-corrected chi connectivity index (χ4v) is 4.99. The normalized spacial score (nSPS) is 27.0. The van der Waals surface area contributed by atoms with E-state index in [0.717, 1.165) is 62.9 Å². The molecule has 0 radical (unpaired) electrons. The summed E-state index contributed by atoms with van der Waals surface area (Å²) < 4.78 is 0. The lowest BCUT2D eigenvalue weighted by Gasteiger charge is -2.35. The number of rotatable bonds is 3. The molecule has 0 saturated carbocycles. The molecular weight excluding hydrogens is 393 g/mol. The van der Waals surface area contributed by atoms with Crippen molar-refractivity contribution in [3.05, 3.63) is 24.3 Å². The number of amides is 1. The number of nitrogens with zero attached hydrogens (tertiary/aromatic N) is 4. The molecule has 1 N–H and O–H groups in total. The molecule has 4 heterocycles. The highest BCUT2D eigenvalue weighted by Crippen LogP contribution is 2.28. The summed E-state index contributed by atoms with van der Waals surface area (Å²) in [7, 11) is 0. The Morgan fingerprint density at radius 2 is 1.88 bits per heavy atom. The van der Waals surface area contributed by atoms with E-state index in [1.807, 2.05) is 35.1 Å². The maximum Gasteiger partial charge on any atom is 0.240 e. The summed E-state index contributed by atoms with van der Waals surface area (Å²) in [4.78, 5) is 25.9. The Kier molecular flexibility index (Phi) is 8.41. The van der Waals surface area contributed by atoms with Crippen LogP contribution in [0.15, 0.2) is 18.5 Å². The summed E-state index contributed by atoms with van der Waals surface area (Å²) in [6.45, 7) is 4.00. The molecule has 1 aromatic rings. The molecule has 0 spiro atoms. The van der Waals surface area contributed by atoms with Crippen molar-refractivity contribution in [1.29, 1.82) is 0 Å². The standard InChI is InChI=1S/C17H25N5OS.2ClH/c23-17(22-8-9-24-12-22)15-10-14(11-20-15)21-6-2-13(3-7-21)16-18-4-1-5-19-16;;/h1,4-5,13-15,20H,2-3,6-12H2;2*1H/t14-,15-;;/m0../s1. The van der Waals surface area contributed by atoms with Gasteiger partial charge in [-0.1, -0.05) is 0 Å². The zero-order chi connectivity index (χ0) is 16.4. The van der Waals surface area contributed by atoms with Crippen molar-refractivity contribution in [2.24, 2.45) is 0 Å². The monoisotopic (exact) mass is 419 g/mol. The van der Waals surface area contributed by atoms with Crippen LogP contribution in [0.1, 0.15) is 31.0 Å². The minimum Gasteiger partial charge on any atom is -0.331 e.